The minimum absolute atomic E-state index is 0.00889. The van der Waals surface area contributed by atoms with Gasteiger partial charge in [-0.1, -0.05) is 41.4 Å². The van der Waals surface area contributed by atoms with Crippen molar-refractivity contribution in [2.45, 2.75) is 31.4 Å². The van der Waals surface area contributed by atoms with Crippen LogP contribution in [-0.2, 0) is 26.8 Å². The Hall–Kier alpha value is -1.56. The van der Waals surface area contributed by atoms with Gasteiger partial charge in [0.25, 0.3) is 0 Å². The zero-order valence-electron chi connectivity index (χ0n) is 15.1. The molecule has 27 heavy (non-hydrogen) atoms. The van der Waals surface area contributed by atoms with Crippen LogP contribution in [0, 0.1) is 0 Å². The monoisotopic (exact) mass is 428 g/mol. The van der Waals surface area contributed by atoms with E-state index in [1.54, 1.807) is 30.3 Å². The molecule has 0 aliphatic carbocycles. The van der Waals surface area contributed by atoms with Crippen molar-refractivity contribution < 1.29 is 17.9 Å². The second-order valence-corrected chi connectivity index (χ2v) is 9.45. The summed E-state index contributed by atoms with van der Waals surface area (Å²) in [6.45, 7) is 0.0121. The summed E-state index contributed by atoms with van der Waals surface area (Å²) in [5.74, 6) is 0.575. The molecule has 0 atom stereocenters. The molecule has 4 nitrogen and oxygen atoms in total. The summed E-state index contributed by atoms with van der Waals surface area (Å²) < 4.78 is 28.0. The van der Waals surface area contributed by atoms with E-state index in [1.807, 2.05) is 12.1 Å². The highest BCUT2D eigenvalue weighted by atomic mass is 35.5. The fourth-order valence-electron chi connectivity index (χ4n) is 2.57. The van der Waals surface area contributed by atoms with Crippen molar-refractivity contribution in [3.05, 3.63) is 63.6 Å². The number of ketones is 1. The molecule has 0 aromatic heterocycles. The lowest BCUT2D eigenvalue weighted by molar-refractivity contribution is -0.121. The summed E-state index contributed by atoms with van der Waals surface area (Å²) in [5.41, 5.74) is 1.79. The van der Waals surface area contributed by atoms with Crippen LogP contribution in [0.4, 0.5) is 0 Å². The molecule has 0 unspecified atom stereocenters. The lowest BCUT2D eigenvalue weighted by atomic mass is 10.1. The van der Waals surface area contributed by atoms with Crippen LogP contribution in [0.1, 0.15) is 30.4 Å². The number of benzene rings is 2. The number of carbonyl (C=O) groups is 1. The molecule has 2 aromatic carbocycles. The Kier molecular flexibility index (Phi) is 8.14. The van der Waals surface area contributed by atoms with Crippen LogP contribution in [0.5, 0.6) is 5.75 Å². The first-order valence-corrected chi connectivity index (χ1v) is 11.4. The second-order valence-electron chi connectivity index (χ2n) is 6.50. The van der Waals surface area contributed by atoms with Crippen LogP contribution in [0.3, 0.4) is 0 Å². The van der Waals surface area contributed by atoms with Crippen LogP contribution in [0.15, 0.2) is 42.5 Å². The van der Waals surface area contributed by atoms with Gasteiger partial charge >= 0.3 is 0 Å². The number of hydrogen-bond donors (Lipinski definition) is 0. The molecule has 2 rings (SSSR count). The van der Waals surface area contributed by atoms with Gasteiger partial charge in [-0.25, -0.2) is 8.42 Å². The molecule has 0 saturated heterocycles. The number of ether oxygens (including phenoxy) is 1. The maximum Gasteiger partial charge on any atom is 0.170 e. The molecule has 0 radical (unpaired) electrons. The molecule has 0 bridgehead atoms. The number of carbonyl (C=O) groups excluding carboxylic acids is 1. The summed E-state index contributed by atoms with van der Waals surface area (Å²) in [6, 6.07) is 12.3. The minimum atomic E-state index is -3.06. The SMILES string of the molecule is CS(=O)(=O)Cc1ccc(OCC(=O)CCCCc2ccc(Cl)c(Cl)c2)cc1. The first-order chi connectivity index (χ1) is 12.7. The van der Waals surface area contributed by atoms with E-state index in [0.717, 1.165) is 24.8 Å². The van der Waals surface area contributed by atoms with Crippen molar-refractivity contribution in [2.24, 2.45) is 0 Å². The molecule has 2 aromatic rings. The average Bonchev–Trinajstić information content (AvgIpc) is 2.60. The molecule has 0 saturated carbocycles. The van der Waals surface area contributed by atoms with Gasteiger partial charge in [-0.3, -0.25) is 4.79 Å². The van der Waals surface area contributed by atoms with Gasteiger partial charge in [0.1, 0.15) is 12.4 Å². The van der Waals surface area contributed by atoms with Crippen molar-refractivity contribution >= 4 is 38.8 Å². The van der Waals surface area contributed by atoms with Gasteiger partial charge in [0.15, 0.2) is 15.6 Å². The van der Waals surface area contributed by atoms with Crippen molar-refractivity contribution in [1.82, 2.24) is 0 Å². The molecule has 0 N–H and O–H groups in total. The second kappa shape index (κ2) is 10.1. The van der Waals surface area contributed by atoms with Crippen LogP contribution < -0.4 is 4.74 Å². The highest BCUT2D eigenvalue weighted by Crippen LogP contribution is 2.23. The zero-order valence-corrected chi connectivity index (χ0v) is 17.4. The summed E-state index contributed by atoms with van der Waals surface area (Å²) >= 11 is 11.9. The minimum Gasteiger partial charge on any atom is -0.486 e. The zero-order chi connectivity index (χ0) is 19.9. The molecular weight excluding hydrogens is 407 g/mol. The standard InChI is InChI=1S/C20H22Cl2O4S/c1-27(24,25)14-16-6-9-18(10-7-16)26-13-17(23)5-3-2-4-15-8-11-19(21)20(22)12-15/h6-12H,2-5,13-14H2,1H3. The normalized spacial score (nSPS) is 11.4. The van der Waals surface area contributed by atoms with Crippen LogP contribution >= 0.6 is 23.2 Å². The van der Waals surface area contributed by atoms with Gasteiger partial charge < -0.3 is 4.74 Å². The van der Waals surface area contributed by atoms with Gasteiger partial charge in [-0.05, 0) is 54.7 Å². The van der Waals surface area contributed by atoms with E-state index < -0.39 is 9.84 Å². The van der Waals surface area contributed by atoms with Crippen molar-refractivity contribution in [1.29, 1.82) is 0 Å². The van der Waals surface area contributed by atoms with E-state index in [-0.39, 0.29) is 18.1 Å². The Morgan fingerprint density at radius 3 is 2.26 bits per heavy atom. The number of hydrogen-bond acceptors (Lipinski definition) is 4. The van der Waals surface area contributed by atoms with E-state index in [1.165, 1.54) is 6.26 Å². The Morgan fingerprint density at radius 2 is 1.63 bits per heavy atom. The summed E-state index contributed by atoms with van der Waals surface area (Å²) in [5, 5.41) is 1.08. The highest BCUT2D eigenvalue weighted by molar-refractivity contribution is 7.89. The van der Waals surface area contributed by atoms with E-state index in [0.29, 0.717) is 27.8 Å². The third-order valence-corrected chi connectivity index (χ3v) is 5.50. The first-order valence-electron chi connectivity index (χ1n) is 8.58. The molecular formula is C20H22Cl2O4S. The Morgan fingerprint density at radius 1 is 0.963 bits per heavy atom. The Bertz CT molecular complexity index is 877. The summed E-state index contributed by atoms with van der Waals surface area (Å²) in [6.07, 6.45) is 4.14. The maximum atomic E-state index is 11.9. The molecule has 0 spiro atoms. The molecule has 0 aliphatic rings. The average molecular weight is 429 g/mol. The maximum absolute atomic E-state index is 11.9. The predicted molar refractivity (Wildman–Crippen MR) is 110 cm³/mol. The molecule has 0 fully saturated rings. The van der Waals surface area contributed by atoms with Gasteiger partial charge in [-0.2, -0.15) is 0 Å². The topological polar surface area (TPSA) is 60.4 Å². The number of sulfone groups is 1. The van der Waals surface area contributed by atoms with E-state index in [4.69, 9.17) is 27.9 Å². The van der Waals surface area contributed by atoms with E-state index in [9.17, 15) is 13.2 Å². The van der Waals surface area contributed by atoms with Gasteiger partial charge in [0.2, 0.25) is 0 Å². The van der Waals surface area contributed by atoms with Gasteiger partial charge in [-0.15, -0.1) is 0 Å². The van der Waals surface area contributed by atoms with Gasteiger partial charge in [0.05, 0.1) is 15.8 Å². The Balaban J connectivity index is 1.67. The van der Waals surface area contributed by atoms with E-state index >= 15 is 0 Å². The first kappa shape index (κ1) is 21.7. The highest BCUT2D eigenvalue weighted by Gasteiger charge is 2.07. The number of aryl methyl sites for hydroxylation is 1. The predicted octanol–water partition coefficient (Wildman–Crippen LogP) is 4.90. The van der Waals surface area contributed by atoms with Crippen LogP contribution in [-0.4, -0.2) is 27.1 Å². The largest absolute Gasteiger partial charge is 0.486 e. The third-order valence-electron chi connectivity index (χ3n) is 3.91. The van der Waals surface area contributed by atoms with E-state index in [2.05, 4.69) is 0 Å². The molecule has 0 heterocycles. The van der Waals surface area contributed by atoms with Crippen molar-refractivity contribution in [2.75, 3.05) is 12.9 Å². The lowest BCUT2D eigenvalue weighted by Crippen LogP contribution is -2.11. The number of halogens is 2. The fraction of sp³-hybridized carbons (Fsp3) is 0.350. The summed E-state index contributed by atoms with van der Waals surface area (Å²) in [4.78, 5) is 11.9. The van der Waals surface area contributed by atoms with Crippen LogP contribution in [0.25, 0.3) is 0 Å². The molecule has 7 heteroatoms. The van der Waals surface area contributed by atoms with Crippen molar-refractivity contribution in [3.63, 3.8) is 0 Å². The summed E-state index contributed by atoms with van der Waals surface area (Å²) in [7, 11) is -3.06. The van der Waals surface area contributed by atoms with Crippen molar-refractivity contribution in [3.8, 4) is 5.75 Å². The lowest BCUT2D eigenvalue weighted by Gasteiger charge is -2.07. The molecule has 0 amide bonds. The number of unbranched alkanes of at least 4 members (excludes halogenated alkanes) is 1. The fourth-order valence-corrected chi connectivity index (χ4v) is 3.69. The number of Topliss-reactive ketones (excluding diaryl/α,β-unsaturated/α-hetero) is 1. The molecule has 146 valence electrons. The van der Waals surface area contributed by atoms with Gasteiger partial charge in [0, 0.05) is 12.7 Å². The number of rotatable bonds is 10. The smallest absolute Gasteiger partial charge is 0.170 e. The quantitative estimate of drug-likeness (QED) is 0.504. The van der Waals surface area contributed by atoms with Crippen LogP contribution in [0.2, 0.25) is 10.0 Å². The Labute approximate surface area is 170 Å². The molecule has 0 aliphatic heterocycles. The third kappa shape index (κ3) is 8.33.